The second-order valence-corrected chi connectivity index (χ2v) is 2.94. The summed E-state index contributed by atoms with van der Waals surface area (Å²) in [6.07, 6.45) is -3.76. The molecule has 0 fully saturated rings. The first kappa shape index (κ1) is 11.8. The molecule has 0 atom stereocenters. The minimum atomic E-state index is -4.47. The largest absolute Gasteiger partial charge is 0.481 e. The molecular weight excluding hydrogens is 211 g/mol. The predicted octanol–water partition coefficient (Wildman–Crippen LogP) is 1.91. The zero-order valence-electron chi connectivity index (χ0n) is 8.22. The lowest BCUT2D eigenvalue weighted by atomic mass is 10.1. The van der Waals surface area contributed by atoms with Crippen LogP contribution in [0.25, 0.3) is 0 Å². The van der Waals surface area contributed by atoms with Gasteiger partial charge in [-0.2, -0.15) is 13.2 Å². The number of rotatable bonds is 2. The Bertz CT molecular complexity index is 363. The summed E-state index contributed by atoms with van der Waals surface area (Å²) < 4.78 is 42.1. The van der Waals surface area contributed by atoms with E-state index in [1.54, 1.807) is 0 Å². The number of ether oxygens (including phenoxy) is 1. The molecule has 0 radical (unpaired) electrons. The third-order valence-corrected chi connectivity index (χ3v) is 2.08. The van der Waals surface area contributed by atoms with Crippen LogP contribution in [0.5, 0.6) is 5.88 Å². The van der Waals surface area contributed by atoms with Gasteiger partial charge in [0, 0.05) is 11.8 Å². The quantitative estimate of drug-likeness (QED) is 0.829. The van der Waals surface area contributed by atoms with Crippen molar-refractivity contribution in [2.24, 2.45) is 0 Å². The highest BCUT2D eigenvalue weighted by Gasteiger charge is 2.34. The van der Waals surface area contributed by atoms with Crippen molar-refractivity contribution in [2.45, 2.75) is 19.7 Å². The van der Waals surface area contributed by atoms with Gasteiger partial charge in [-0.05, 0) is 12.5 Å². The summed E-state index contributed by atoms with van der Waals surface area (Å²) in [6.45, 7) is 0.741. The number of methoxy groups -OCH3 is 1. The summed E-state index contributed by atoms with van der Waals surface area (Å²) in [7, 11) is 1.29. The standard InChI is InChI=1S/C9H10F3NO2/c1-5-6(4-14)8(15-2)13-3-7(5)9(10,11)12/h3,14H,4H2,1-2H3. The van der Waals surface area contributed by atoms with Gasteiger partial charge in [-0.3, -0.25) is 0 Å². The summed E-state index contributed by atoms with van der Waals surface area (Å²) in [5.41, 5.74) is -0.850. The summed E-state index contributed by atoms with van der Waals surface area (Å²) >= 11 is 0. The molecule has 1 N–H and O–H groups in total. The molecule has 0 aliphatic rings. The average molecular weight is 221 g/mol. The molecule has 0 unspecified atom stereocenters. The van der Waals surface area contributed by atoms with E-state index in [4.69, 9.17) is 9.84 Å². The molecule has 0 saturated carbocycles. The van der Waals surface area contributed by atoms with Crippen molar-refractivity contribution in [1.29, 1.82) is 0 Å². The van der Waals surface area contributed by atoms with Gasteiger partial charge in [-0.15, -0.1) is 0 Å². The number of alkyl halides is 3. The lowest BCUT2D eigenvalue weighted by Gasteiger charge is -2.14. The maximum Gasteiger partial charge on any atom is 0.418 e. The van der Waals surface area contributed by atoms with Crippen molar-refractivity contribution in [3.05, 3.63) is 22.9 Å². The molecular formula is C9H10F3NO2. The molecule has 1 aromatic heterocycles. The number of hydrogen-bond donors (Lipinski definition) is 1. The maximum atomic E-state index is 12.4. The minimum Gasteiger partial charge on any atom is -0.481 e. The number of aromatic nitrogens is 1. The van der Waals surface area contributed by atoms with E-state index < -0.39 is 18.3 Å². The number of halogens is 3. The first-order valence-electron chi connectivity index (χ1n) is 4.12. The van der Waals surface area contributed by atoms with Crippen molar-refractivity contribution < 1.29 is 23.0 Å². The maximum absolute atomic E-state index is 12.4. The number of nitrogens with zero attached hydrogens (tertiary/aromatic N) is 1. The van der Waals surface area contributed by atoms with Crippen molar-refractivity contribution in [1.82, 2.24) is 4.98 Å². The molecule has 0 aliphatic carbocycles. The van der Waals surface area contributed by atoms with Crippen molar-refractivity contribution in [3.63, 3.8) is 0 Å². The summed E-state index contributed by atoms with van der Waals surface area (Å²) in [5.74, 6) is 0.0167. The highest BCUT2D eigenvalue weighted by Crippen LogP contribution is 2.34. The molecule has 1 heterocycles. The average Bonchev–Trinajstić information content (AvgIpc) is 2.15. The van der Waals surface area contributed by atoms with Crippen LogP contribution in [0.4, 0.5) is 13.2 Å². The summed E-state index contributed by atoms with van der Waals surface area (Å²) in [5, 5.41) is 8.93. The first-order chi connectivity index (χ1) is 6.91. The number of aliphatic hydroxyl groups is 1. The van der Waals surface area contributed by atoms with Crippen LogP contribution in [0.2, 0.25) is 0 Å². The van der Waals surface area contributed by atoms with Crippen molar-refractivity contribution >= 4 is 0 Å². The zero-order chi connectivity index (χ0) is 11.6. The van der Waals surface area contributed by atoms with Crippen molar-refractivity contribution in [2.75, 3.05) is 7.11 Å². The Morgan fingerprint density at radius 1 is 1.47 bits per heavy atom. The number of pyridine rings is 1. The molecule has 0 saturated heterocycles. The van der Waals surface area contributed by atoms with Gasteiger partial charge in [-0.1, -0.05) is 0 Å². The van der Waals surface area contributed by atoms with E-state index in [1.165, 1.54) is 14.0 Å². The van der Waals surface area contributed by atoms with E-state index >= 15 is 0 Å². The molecule has 84 valence electrons. The van der Waals surface area contributed by atoms with E-state index in [1.807, 2.05) is 0 Å². The Morgan fingerprint density at radius 2 is 2.07 bits per heavy atom. The van der Waals surface area contributed by atoms with Crippen LogP contribution in [0.1, 0.15) is 16.7 Å². The summed E-state index contributed by atoms with van der Waals surface area (Å²) in [6, 6.07) is 0. The van der Waals surface area contributed by atoms with Gasteiger partial charge in [0.1, 0.15) is 0 Å². The molecule has 15 heavy (non-hydrogen) atoms. The van der Waals surface area contributed by atoms with Gasteiger partial charge in [-0.25, -0.2) is 4.98 Å². The normalized spacial score (nSPS) is 11.6. The van der Waals surface area contributed by atoms with E-state index in [-0.39, 0.29) is 17.0 Å². The van der Waals surface area contributed by atoms with Crippen LogP contribution < -0.4 is 4.74 Å². The SMILES string of the molecule is COc1ncc(C(F)(F)F)c(C)c1CO. The summed E-state index contributed by atoms with van der Waals surface area (Å²) in [4.78, 5) is 3.49. The molecule has 0 aromatic carbocycles. The number of hydrogen-bond acceptors (Lipinski definition) is 3. The van der Waals surface area contributed by atoms with Gasteiger partial charge in [0.15, 0.2) is 0 Å². The Morgan fingerprint density at radius 3 is 2.47 bits per heavy atom. The molecule has 3 nitrogen and oxygen atoms in total. The van der Waals surface area contributed by atoms with E-state index in [0.717, 1.165) is 0 Å². The number of aliphatic hydroxyl groups excluding tert-OH is 1. The third-order valence-electron chi connectivity index (χ3n) is 2.08. The van der Waals surface area contributed by atoms with Crippen LogP contribution in [-0.4, -0.2) is 17.2 Å². The zero-order valence-corrected chi connectivity index (χ0v) is 8.22. The highest BCUT2D eigenvalue weighted by atomic mass is 19.4. The molecule has 6 heteroatoms. The Hall–Kier alpha value is -1.30. The molecule has 0 amide bonds. The Kier molecular flexibility index (Phi) is 3.18. The van der Waals surface area contributed by atoms with Gasteiger partial charge in [0.2, 0.25) is 5.88 Å². The van der Waals surface area contributed by atoms with Gasteiger partial charge < -0.3 is 9.84 Å². The molecule has 1 rings (SSSR count). The van der Waals surface area contributed by atoms with E-state index in [2.05, 4.69) is 4.98 Å². The topological polar surface area (TPSA) is 42.4 Å². The smallest absolute Gasteiger partial charge is 0.418 e. The fourth-order valence-electron chi connectivity index (χ4n) is 1.27. The molecule has 0 aliphatic heterocycles. The molecule has 1 aromatic rings. The van der Waals surface area contributed by atoms with Gasteiger partial charge >= 0.3 is 6.18 Å². The van der Waals surface area contributed by atoms with Crippen LogP contribution >= 0.6 is 0 Å². The predicted molar refractivity (Wildman–Crippen MR) is 46.5 cm³/mol. The minimum absolute atomic E-state index is 0.0167. The van der Waals surface area contributed by atoms with Gasteiger partial charge in [0.05, 0.1) is 19.3 Å². The molecule has 0 bridgehead atoms. The van der Waals surface area contributed by atoms with E-state index in [0.29, 0.717) is 6.20 Å². The van der Waals surface area contributed by atoms with Crippen molar-refractivity contribution in [3.8, 4) is 5.88 Å². The van der Waals surface area contributed by atoms with Crippen LogP contribution in [0.3, 0.4) is 0 Å². The van der Waals surface area contributed by atoms with Gasteiger partial charge in [0.25, 0.3) is 0 Å². The molecule has 0 spiro atoms. The lowest BCUT2D eigenvalue weighted by Crippen LogP contribution is -2.11. The Labute approximate surface area is 84.5 Å². The monoisotopic (exact) mass is 221 g/mol. The lowest BCUT2D eigenvalue weighted by molar-refractivity contribution is -0.138. The van der Waals surface area contributed by atoms with E-state index in [9.17, 15) is 13.2 Å². The third kappa shape index (κ3) is 2.20. The first-order valence-corrected chi connectivity index (χ1v) is 4.12. The Balaban J connectivity index is 3.36. The second kappa shape index (κ2) is 4.06. The second-order valence-electron chi connectivity index (χ2n) is 2.94. The highest BCUT2D eigenvalue weighted by molar-refractivity contribution is 5.39. The fourth-order valence-corrected chi connectivity index (χ4v) is 1.27. The fraction of sp³-hybridized carbons (Fsp3) is 0.444. The van der Waals surface area contributed by atoms with Crippen LogP contribution in [0.15, 0.2) is 6.20 Å². The van der Waals surface area contributed by atoms with Crippen LogP contribution in [0, 0.1) is 6.92 Å². The van der Waals surface area contributed by atoms with Crippen LogP contribution in [-0.2, 0) is 12.8 Å².